The fourth-order valence-corrected chi connectivity index (χ4v) is 4.80. The van der Waals surface area contributed by atoms with Crippen LogP contribution in [0.15, 0.2) is 89.8 Å². The minimum Gasteiger partial charge on any atom is -0.744 e. The van der Waals surface area contributed by atoms with Crippen LogP contribution >= 0.6 is 0 Å². The van der Waals surface area contributed by atoms with Gasteiger partial charge in [-0.2, -0.15) is 4.57 Å². The maximum absolute atomic E-state index is 10.4. The molecule has 192 valence electrons. The van der Waals surface area contributed by atoms with Crippen molar-refractivity contribution >= 4 is 38.9 Å². The third-order valence-corrected chi connectivity index (χ3v) is 7.45. The van der Waals surface area contributed by atoms with Gasteiger partial charge >= 0.3 is 0 Å². The molecular weight excluding hydrogens is 484 g/mol. The molecule has 3 aromatic carbocycles. The van der Waals surface area contributed by atoms with Crippen molar-refractivity contribution in [2.24, 2.45) is 7.05 Å². The number of anilines is 1. The highest BCUT2D eigenvalue weighted by atomic mass is 32.2. The topological polar surface area (TPSA) is 84.5 Å². The molecule has 6 nitrogen and oxygen atoms in total. The van der Waals surface area contributed by atoms with E-state index in [2.05, 4.69) is 89.3 Å². The number of rotatable bonds is 4. The molecule has 1 saturated heterocycles. The van der Waals surface area contributed by atoms with Crippen molar-refractivity contribution in [3.05, 3.63) is 102 Å². The van der Waals surface area contributed by atoms with Gasteiger partial charge in [-0.15, -0.1) is 0 Å². The van der Waals surface area contributed by atoms with Gasteiger partial charge in [0.15, 0.2) is 0 Å². The molecule has 0 unspecified atom stereocenters. The minimum absolute atomic E-state index is 0.129. The van der Waals surface area contributed by atoms with Gasteiger partial charge in [-0.3, -0.25) is 0 Å². The van der Waals surface area contributed by atoms with Crippen molar-refractivity contribution in [1.29, 1.82) is 0 Å². The maximum atomic E-state index is 10.4. The average Bonchev–Trinajstić information content (AvgIpc) is 2.89. The predicted molar refractivity (Wildman–Crippen MR) is 147 cm³/mol. The second-order valence-corrected chi connectivity index (χ2v) is 10.7. The Balaban J connectivity index is 0.000000245. The van der Waals surface area contributed by atoms with E-state index < -0.39 is 10.1 Å². The molecule has 1 fully saturated rings. The lowest BCUT2D eigenvalue weighted by Crippen LogP contribution is -2.35. The molecule has 0 amide bonds. The van der Waals surface area contributed by atoms with E-state index in [9.17, 15) is 18.1 Å². The van der Waals surface area contributed by atoms with Crippen LogP contribution in [0.1, 0.15) is 29.7 Å². The summed E-state index contributed by atoms with van der Waals surface area (Å²) in [6.45, 7) is 3.69. The summed E-state index contributed by atoms with van der Waals surface area (Å²) in [5, 5.41) is 10.9. The molecule has 37 heavy (non-hydrogen) atoms. The molecule has 0 atom stereocenters. The molecule has 7 heteroatoms. The molecule has 2 heterocycles. The number of aliphatic hydroxyl groups excluding tert-OH is 1. The zero-order valence-corrected chi connectivity index (χ0v) is 21.9. The van der Waals surface area contributed by atoms with Crippen molar-refractivity contribution in [2.45, 2.75) is 30.8 Å². The largest absolute Gasteiger partial charge is 0.744 e. The maximum Gasteiger partial charge on any atom is 0.212 e. The van der Waals surface area contributed by atoms with Crippen molar-refractivity contribution in [3.8, 4) is 0 Å². The molecule has 0 radical (unpaired) electrons. The Kier molecular flexibility index (Phi) is 8.38. The zero-order chi connectivity index (χ0) is 26.4. The van der Waals surface area contributed by atoms with Crippen LogP contribution in [0, 0.1) is 6.92 Å². The van der Waals surface area contributed by atoms with Gasteiger partial charge in [0, 0.05) is 42.4 Å². The lowest BCUT2D eigenvalue weighted by molar-refractivity contribution is -0.646. The standard InChI is InChI=1S/C23H25N2O.C7H8O3S/c1-24-20(13-9-19-4-2-3-5-23(19)24)10-6-18-7-11-21(12-8-18)25-16-14-22(26)15-17-25;1-6-2-4-7(5-3-6)11(8,9)10/h2-13,22,26H,14-17H2,1H3;2-5H,1H3,(H,8,9,10)/q+1;/p-1. The van der Waals surface area contributed by atoms with Crippen LogP contribution in [0.4, 0.5) is 5.69 Å². The first-order valence-corrected chi connectivity index (χ1v) is 13.7. The zero-order valence-electron chi connectivity index (χ0n) is 21.1. The highest BCUT2D eigenvalue weighted by molar-refractivity contribution is 7.85. The number of nitrogens with zero attached hydrogens (tertiary/aromatic N) is 2. The number of piperidine rings is 1. The van der Waals surface area contributed by atoms with E-state index >= 15 is 0 Å². The molecule has 0 aliphatic carbocycles. The molecule has 1 aliphatic heterocycles. The number of aromatic nitrogens is 1. The van der Waals surface area contributed by atoms with E-state index in [-0.39, 0.29) is 11.0 Å². The third-order valence-electron chi connectivity index (χ3n) is 6.60. The van der Waals surface area contributed by atoms with Gasteiger partial charge in [0.25, 0.3) is 0 Å². The smallest absolute Gasteiger partial charge is 0.212 e. The summed E-state index contributed by atoms with van der Waals surface area (Å²) in [5.74, 6) is 0. The van der Waals surface area contributed by atoms with E-state index in [1.54, 1.807) is 12.1 Å². The summed E-state index contributed by atoms with van der Waals surface area (Å²) in [4.78, 5) is 2.17. The monoisotopic (exact) mass is 516 g/mol. The van der Waals surface area contributed by atoms with Crippen LogP contribution in [0.5, 0.6) is 0 Å². The van der Waals surface area contributed by atoms with E-state index in [1.165, 1.54) is 40.0 Å². The Morgan fingerprint density at radius 3 is 2.19 bits per heavy atom. The Hall–Kier alpha value is -3.52. The van der Waals surface area contributed by atoms with Crippen molar-refractivity contribution in [3.63, 3.8) is 0 Å². The summed E-state index contributed by atoms with van der Waals surface area (Å²) in [6.07, 6.45) is 5.92. The summed E-state index contributed by atoms with van der Waals surface area (Å²) < 4.78 is 33.4. The first kappa shape index (κ1) is 26.5. The van der Waals surface area contributed by atoms with Crippen molar-refractivity contribution in [2.75, 3.05) is 18.0 Å². The summed E-state index contributed by atoms with van der Waals surface area (Å²) >= 11 is 0. The van der Waals surface area contributed by atoms with Crippen LogP contribution in [-0.2, 0) is 17.2 Å². The first-order chi connectivity index (χ1) is 17.7. The van der Waals surface area contributed by atoms with E-state index in [0.29, 0.717) is 0 Å². The number of para-hydroxylation sites is 1. The molecule has 0 spiro atoms. The van der Waals surface area contributed by atoms with E-state index in [0.717, 1.165) is 31.5 Å². The Morgan fingerprint density at radius 1 is 0.892 bits per heavy atom. The number of aliphatic hydroxyl groups is 1. The van der Waals surface area contributed by atoms with Crippen LogP contribution in [0.2, 0.25) is 0 Å². The summed E-state index contributed by atoms with van der Waals surface area (Å²) in [6, 6.07) is 27.2. The van der Waals surface area contributed by atoms with Gasteiger partial charge in [-0.25, -0.2) is 8.42 Å². The number of hydrogen-bond donors (Lipinski definition) is 1. The molecule has 5 rings (SSSR count). The molecule has 0 bridgehead atoms. The second kappa shape index (κ2) is 11.7. The number of hydrogen-bond acceptors (Lipinski definition) is 5. The van der Waals surface area contributed by atoms with Gasteiger partial charge in [-0.05, 0) is 67.8 Å². The lowest BCUT2D eigenvalue weighted by Gasteiger charge is -2.31. The number of aryl methyl sites for hydroxylation is 2. The minimum atomic E-state index is -4.27. The summed E-state index contributed by atoms with van der Waals surface area (Å²) in [7, 11) is -2.16. The van der Waals surface area contributed by atoms with Gasteiger partial charge in [-0.1, -0.05) is 42.0 Å². The Bertz CT molecular complexity index is 1470. The highest BCUT2D eigenvalue weighted by Crippen LogP contribution is 2.21. The van der Waals surface area contributed by atoms with Gasteiger partial charge in [0.05, 0.1) is 11.0 Å². The Labute approximate surface area is 218 Å². The molecule has 4 aromatic rings. The quantitative estimate of drug-likeness (QED) is 0.314. The first-order valence-electron chi connectivity index (χ1n) is 12.3. The van der Waals surface area contributed by atoms with Crippen LogP contribution in [0.25, 0.3) is 23.1 Å². The second-order valence-electron chi connectivity index (χ2n) is 9.29. The van der Waals surface area contributed by atoms with Crippen LogP contribution in [-0.4, -0.2) is 37.3 Å². The highest BCUT2D eigenvalue weighted by Gasteiger charge is 2.17. The van der Waals surface area contributed by atoms with Gasteiger partial charge < -0.3 is 14.6 Å². The fraction of sp³-hybridized carbons (Fsp3) is 0.233. The molecule has 1 aromatic heterocycles. The SMILES string of the molecule is C[n+]1c(C=Cc2ccc(N3CCC(O)CC3)cc2)ccc2ccccc21.Cc1ccc(S(=O)(=O)[O-])cc1. The average molecular weight is 517 g/mol. The molecule has 1 aliphatic rings. The molecule has 0 saturated carbocycles. The van der Waals surface area contributed by atoms with E-state index in [1.807, 2.05) is 6.92 Å². The van der Waals surface area contributed by atoms with Gasteiger partial charge in [0.2, 0.25) is 11.2 Å². The molecular formula is C30H32N2O4S. The summed E-state index contributed by atoms with van der Waals surface area (Å²) in [5.41, 5.74) is 5.77. The van der Waals surface area contributed by atoms with Crippen LogP contribution < -0.4 is 9.47 Å². The lowest BCUT2D eigenvalue weighted by atomic mass is 10.1. The van der Waals surface area contributed by atoms with E-state index in [4.69, 9.17) is 0 Å². The fourth-order valence-electron chi connectivity index (χ4n) is 4.33. The van der Waals surface area contributed by atoms with Crippen molar-refractivity contribution < 1.29 is 22.6 Å². The normalized spacial score (nSPS) is 14.5. The predicted octanol–water partition coefficient (Wildman–Crippen LogP) is 4.69. The number of benzene rings is 3. The van der Waals surface area contributed by atoms with Crippen LogP contribution in [0.3, 0.4) is 0 Å². The number of pyridine rings is 1. The van der Waals surface area contributed by atoms with Gasteiger partial charge in [0.1, 0.15) is 17.2 Å². The number of fused-ring (bicyclic) bond motifs is 1. The Morgan fingerprint density at radius 2 is 1.54 bits per heavy atom. The third kappa shape index (κ3) is 7.04. The van der Waals surface area contributed by atoms with Crippen molar-refractivity contribution in [1.82, 2.24) is 0 Å². The molecule has 1 N–H and O–H groups in total.